The van der Waals surface area contributed by atoms with E-state index in [4.69, 9.17) is 23.1 Å². The molecule has 17 heavy (non-hydrogen) atoms. The Morgan fingerprint density at radius 1 is 1.65 bits per heavy atom. The molecular formula is C11H16ClN3OS. The molecule has 0 radical (unpaired) electrons. The Hall–Kier alpha value is -0.780. The van der Waals surface area contributed by atoms with Crippen LogP contribution in [0.25, 0.3) is 0 Å². The Labute approximate surface area is 110 Å². The van der Waals surface area contributed by atoms with Crippen molar-refractivity contribution in [2.45, 2.75) is 30.3 Å². The van der Waals surface area contributed by atoms with Gasteiger partial charge in [0.05, 0.1) is 10.6 Å². The van der Waals surface area contributed by atoms with Gasteiger partial charge in [0.25, 0.3) is 0 Å². The minimum atomic E-state index is -0.936. The van der Waals surface area contributed by atoms with Gasteiger partial charge in [-0.15, -0.1) is 11.8 Å². The van der Waals surface area contributed by atoms with Gasteiger partial charge in [-0.2, -0.15) is 0 Å². The maximum atomic E-state index is 11.0. The molecule has 6 heteroatoms. The van der Waals surface area contributed by atoms with Gasteiger partial charge < -0.3 is 11.5 Å². The van der Waals surface area contributed by atoms with E-state index in [0.29, 0.717) is 11.4 Å². The highest BCUT2D eigenvalue weighted by Gasteiger charge is 2.24. The molecule has 1 aromatic rings. The number of hydrogen-bond acceptors (Lipinski definition) is 4. The Kier molecular flexibility index (Phi) is 5.24. The molecule has 0 aromatic carbocycles. The first-order chi connectivity index (χ1) is 7.93. The molecule has 0 bridgehead atoms. The molecule has 1 atom stereocenters. The highest BCUT2D eigenvalue weighted by Crippen LogP contribution is 2.25. The van der Waals surface area contributed by atoms with Gasteiger partial charge in [-0.05, 0) is 37.7 Å². The second kappa shape index (κ2) is 6.23. The minimum Gasteiger partial charge on any atom is -0.368 e. The maximum absolute atomic E-state index is 11.0. The van der Waals surface area contributed by atoms with Crippen LogP contribution >= 0.6 is 23.4 Å². The van der Waals surface area contributed by atoms with Crippen LogP contribution in [0.1, 0.15) is 19.8 Å². The summed E-state index contributed by atoms with van der Waals surface area (Å²) >= 11 is 7.51. The van der Waals surface area contributed by atoms with Crippen molar-refractivity contribution in [3.8, 4) is 0 Å². The van der Waals surface area contributed by atoms with Gasteiger partial charge in [0.15, 0.2) is 0 Å². The van der Waals surface area contributed by atoms with E-state index in [1.54, 1.807) is 37.0 Å². The summed E-state index contributed by atoms with van der Waals surface area (Å²) in [5.41, 5.74) is 9.99. The number of nitrogens with zero attached hydrogens (tertiary/aromatic N) is 1. The third kappa shape index (κ3) is 4.53. The molecule has 1 heterocycles. The third-order valence-corrected chi connectivity index (χ3v) is 3.88. The number of halogens is 1. The van der Waals surface area contributed by atoms with Crippen molar-refractivity contribution in [1.82, 2.24) is 4.98 Å². The van der Waals surface area contributed by atoms with Crippen LogP contribution in [-0.2, 0) is 4.79 Å². The summed E-state index contributed by atoms with van der Waals surface area (Å²) in [5.74, 6) is 0.329. The summed E-state index contributed by atoms with van der Waals surface area (Å²) in [6.07, 6.45) is 3.04. The predicted octanol–water partition coefficient (Wildman–Crippen LogP) is 1.81. The number of rotatable bonds is 6. The third-order valence-electron chi connectivity index (χ3n) is 2.37. The zero-order valence-corrected chi connectivity index (χ0v) is 11.2. The molecule has 1 amide bonds. The summed E-state index contributed by atoms with van der Waals surface area (Å²) in [7, 11) is 0. The zero-order valence-electron chi connectivity index (χ0n) is 9.65. The molecule has 4 N–H and O–H groups in total. The second-order valence-corrected chi connectivity index (χ2v) is 5.51. The van der Waals surface area contributed by atoms with Crippen LogP contribution in [0.3, 0.4) is 0 Å². The van der Waals surface area contributed by atoms with Crippen LogP contribution in [0, 0.1) is 0 Å². The van der Waals surface area contributed by atoms with Gasteiger partial charge in [-0.1, -0.05) is 11.6 Å². The number of carbonyl (C=O) groups excluding carboxylic acids is 1. The van der Waals surface area contributed by atoms with Crippen LogP contribution in [0.4, 0.5) is 0 Å². The van der Waals surface area contributed by atoms with E-state index < -0.39 is 11.4 Å². The zero-order chi connectivity index (χ0) is 12.9. The van der Waals surface area contributed by atoms with Crippen LogP contribution in [0.2, 0.25) is 5.02 Å². The molecule has 0 aliphatic carbocycles. The van der Waals surface area contributed by atoms with Crippen LogP contribution < -0.4 is 11.5 Å². The van der Waals surface area contributed by atoms with Gasteiger partial charge in [0.1, 0.15) is 5.03 Å². The molecule has 1 rings (SSSR count). The second-order valence-electron chi connectivity index (χ2n) is 4.02. The van der Waals surface area contributed by atoms with Crippen molar-refractivity contribution in [3.63, 3.8) is 0 Å². The molecule has 1 aromatic heterocycles. The van der Waals surface area contributed by atoms with E-state index in [1.165, 1.54) is 0 Å². The Balaban J connectivity index is 2.35. The highest BCUT2D eigenvalue weighted by molar-refractivity contribution is 7.99. The quantitative estimate of drug-likeness (QED) is 0.612. The van der Waals surface area contributed by atoms with Crippen molar-refractivity contribution in [2.75, 3.05) is 5.75 Å². The monoisotopic (exact) mass is 273 g/mol. The van der Waals surface area contributed by atoms with Crippen LogP contribution in [-0.4, -0.2) is 22.2 Å². The predicted molar refractivity (Wildman–Crippen MR) is 71.0 cm³/mol. The van der Waals surface area contributed by atoms with E-state index in [2.05, 4.69) is 4.98 Å². The summed E-state index contributed by atoms with van der Waals surface area (Å²) in [6.45, 7) is 1.65. The average molecular weight is 274 g/mol. The fourth-order valence-corrected chi connectivity index (χ4v) is 2.32. The molecule has 4 nitrogen and oxygen atoms in total. The first kappa shape index (κ1) is 14.3. The van der Waals surface area contributed by atoms with E-state index in [9.17, 15) is 4.79 Å². The van der Waals surface area contributed by atoms with Gasteiger partial charge in [-0.25, -0.2) is 4.98 Å². The number of thioether (sulfide) groups is 1. The first-order valence-electron chi connectivity index (χ1n) is 5.25. The standard InChI is InChI=1S/C11H16ClN3OS/c1-11(14,10(13)16)5-3-7-17-9-8(12)4-2-6-15-9/h2,4,6H,3,5,7,14H2,1H3,(H2,13,16). The summed E-state index contributed by atoms with van der Waals surface area (Å²) in [4.78, 5) is 15.2. The number of nitrogens with two attached hydrogens (primary N) is 2. The van der Waals surface area contributed by atoms with Crippen molar-refractivity contribution >= 4 is 29.3 Å². The molecular weight excluding hydrogens is 258 g/mol. The Morgan fingerprint density at radius 3 is 2.94 bits per heavy atom. The highest BCUT2D eigenvalue weighted by atomic mass is 35.5. The molecule has 0 saturated heterocycles. The Bertz CT molecular complexity index is 398. The number of primary amides is 1. The van der Waals surface area contributed by atoms with Gasteiger partial charge >= 0.3 is 0 Å². The van der Waals surface area contributed by atoms with Gasteiger partial charge in [0, 0.05) is 6.20 Å². The lowest BCUT2D eigenvalue weighted by Crippen LogP contribution is -2.49. The van der Waals surface area contributed by atoms with E-state index in [1.807, 2.05) is 0 Å². The largest absolute Gasteiger partial charge is 0.368 e. The van der Waals surface area contributed by atoms with Crippen molar-refractivity contribution < 1.29 is 4.79 Å². The molecule has 0 fully saturated rings. The lowest BCUT2D eigenvalue weighted by atomic mass is 9.97. The summed E-state index contributed by atoms with van der Waals surface area (Å²) in [6, 6.07) is 3.59. The molecule has 0 aliphatic heterocycles. The maximum Gasteiger partial charge on any atom is 0.237 e. The first-order valence-corrected chi connectivity index (χ1v) is 6.62. The van der Waals surface area contributed by atoms with Crippen molar-refractivity contribution in [3.05, 3.63) is 23.4 Å². The summed E-state index contributed by atoms with van der Waals surface area (Å²) in [5, 5.41) is 1.44. The van der Waals surface area contributed by atoms with E-state index in [0.717, 1.165) is 17.2 Å². The molecule has 1 unspecified atom stereocenters. The van der Waals surface area contributed by atoms with Crippen molar-refractivity contribution in [2.24, 2.45) is 11.5 Å². The molecule has 0 aliphatic rings. The minimum absolute atomic E-state index is 0.474. The molecule has 0 spiro atoms. The SMILES string of the molecule is CC(N)(CCCSc1ncccc1Cl)C(N)=O. The smallest absolute Gasteiger partial charge is 0.237 e. The molecule has 0 saturated carbocycles. The van der Waals surface area contributed by atoms with E-state index >= 15 is 0 Å². The molecule has 94 valence electrons. The lowest BCUT2D eigenvalue weighted by molar-refractivity contribution is -0.122. The fourth-order valence-electron chi connectivity index (χ4n) is 1.21. The van der Waals surface area contributed by atoms with Gasteiger partial charge in [-0.3, -0.25) is 4.79 Å². The number of amides is 1. The average Bonchev–Trinajstić information content (AvgIpc) is 2.26. The lowest BCUT2D eigenvalue weighted by Gasteiger charge is -2.19. The number of aromatic nitrogens is 1. The fraction of sp³-hybridized carbons (Fsp3) is 0.455. The van der Waals surface area contributed by atoms with E-state index in [-0.39, 0.29) is 0 Å². The number of hydrogen-bond donors (Lipinski definition) is 2. The van der Waals surface area contributed by atoms with Crippen LogP contribution in [0.15, 0.2) is 23.4 Å². The number of carbonyl (C=O) groups is 1. The van der Waals surface area contributed by atoms with Crippen molar-refractivity contribution in [1.29, 1.82) is 0 Å². The normalized spacial score (nSPS) is 14.3. The summed E-state index contributed by atoms with van der Waals surface area (Å²) < 4.78 is 0. The topological polar surface area (TPSA) is 82.0 Å². The van der Waals surface area contributed by atoms with Crippen LogP contribution in [0.5, 0.6) is 0 Å². The number of pyridine rings is 1. The Morgan fingerprint density at radius 2 is 2.35 bits per heavy atom. The van der Waals surface area contributed by atoms with Gasteiger partial charge in [0.2, 0.25) is 5.91 Å².